The van der Waals surface area contributed by atoms with Gasteiger partial charge in [-0.3, -0.25) is 9.59 Å². The lowest BCUT2D eigenvalue weighted by atomic mass is 10.1. The van der Waals surface area contributed by atoms with E-state index in [1.165, 1.54) is 11.3 Å². The summed E-state index contributed by atoms with van der Waals surface area (Å²) in [6.07, 6.45) is 0.309. The van der Waals surface area contributed by atoms with Crippen molar-refractivity contribution in [2.75, 3.05) is 26.3 Å². The van der Waals surface area contributed by atoms with E-state index < -0.39 is 0 Å². The number of hydrogen-bond acceptors (Lipinski definition) is 5. The Morgan fingerprint density at radius 3 is 2.52 bits per heavy atom. The number of amides is 1. The Morgan fingerprint density at radius 1 is 1.24 bits per heavy atom. The molecule has 0 unspecified atom stereocenters. The molecule has 0 saturated carbocycles. The number of carbonyl (C=O) groups is 2. The third-order valence-corrected chi connectivity index (χ3v) is 5.50. The number of H-pyrrole nitrogens is 1. The van der Waals surface area contributed by atoms with Crippen LogP contribution in [0.15, 0.2) is 0 Å². The second-order valence-corrected chi connectivity index (χ2v) is 7.65. The molecular formula is C18H23N3O3S. The van der Waals surface area contributed by atoms with Crippen LogP contribution in [0.2, 0.25) is 0 Å². The number of nitrogens with zero attached hydrogens (tertiary/aromatic N) is 2. The highest BCUT2D eigenvalue weighted by Crippen LogP contribution is 2.32. The van der Waals surface area contributed by atoms with Crippen molar-refractivity contribution >= 4 is 23.0 Å². The summed E-state index contributed by atoms with van der Waals surface area (Å²) in [5, 5.41) is 0.806. The van der Waals surface area contributed by atoms with Gasteiger partial charge in [-0.2, -0.15) is 0 Å². The summed E-state index contributed by atoms with van der Waals surface area (Å²) in [7, 11) is 0. The Labute approximate surface area is 151 Å². The lowest BCUT2D eigenvalue weighted by molar-refractivity contribution is -0.134. The zero-order chi connectivity index (χ0) is 18.1. The quantitative estimate of drug-likeness (QED) is 0.850. The molecule has 25 heavy (non-hydrogen) atoms. The van der Waals surface area contributed by atoms with Crippen LogP contribution in [0.3, 0.4) is 0 Å². The SMILES string of the molecule is CC(=O)c1c(C)[nH]c(-c2nc(CC(=O)N3CCOCC3)sc2C)c1C. The predicted octanol–water partition coefficient (Wildman–Crippen LogP) is 2.67. The van der Waals surface area contributed by atoms with E-state index in [-0.39, 0.29) is 11.7 Å². The van der Waals surface area contributed by atoms with Crippen LogP contribution >= 0.6 is 11.3 Å². The van der Waals surface area contributed by atoms with Gasteiger partial charge in [0.1, 0.15) is 10.7 Å². The molecule has 0 aromatic carbocycles. The number of ketones is 1. The van der Waals surface area contributed by atoms with Crippen molar-refractivity contribution in [3.63, 3.8) is 0 Å². The predicted molar refractivity (Wildman–Crippen MR) is 97.2 cm³/mol. The van der Waals surface area contributed by atoms with Crippen LogP contribution in [0.1, 0.15) is 38.4 Å². The Hall–Kier alpha value is -1.99. The van der Waals surface area contributed by atoms with Gasteiger partial charge in [0, 0.05) is 29.2 Å². The first-order chi connectivity index (χ1) is 11.9. The molecule has 0 spiro atoms. The van der Waals surface area contributed by atoms with E-state index in [4.69, 9.17) is 4.74 Å². The highest BCUT2D eigenvalue weighted by atomic mass is 32.1. The lowest BCUT2D eigenvalue weighted by Crippen LogP contribution is -2.41. The molecule has 3 rings (SSSR count). The fourth-order valence-electron chi connectivity index (χ4n) is 3.33. The van der Waals surface area contributed by atoms with Gasteiger partial charge in [-0.15, -0.1) is 11.3 Å². The van der Waals surface area contributed by atoms with Gasteiger partial charge < -0.3 is 14.6 Å². The minimum Gasteiger partial charge on any atom is -0.378 e. The maximum absolute atomic E-state index is 12.4. The Morgan fingerprint density at radius 2 is 1.92 bits per heavy atom. The summed E-state index contributed by atoms with van der Waals surface area (Å²) >= 11 is 1.54. The van der Waals surface area contributed by atoms with Crippen LogP contribution in [0, 0.1) is 20.8 Å². The Kier molecular flexibility index (Phi) is 5.06. The smallest absolute Gasteiger partial charge is 0.229 e. The van der Waals surface area contributed by atoms with Crippen molar-refractivity contribution in [1.29, 1.82) is 0 Å². The molecule has 1 N–H and O–H groups in total. The fourth-order valence-corrected chi connectivity index (χ4v) is 4.26. The number of aryl methyl sites for hydroxylation is 2. The minimum atomic E-state index is 0.0492. The first-order valence-corrected chi connectivity index (χ1v) is 9.22. The Balaban J connectivity index is 1.84. The minimum absolute atomic E-state index is 0.0492. The molecule has 3 heterocycles. The molecule has 1 fully saturated rings. The summed E-state index contributed by atoms with van der Waals surface area (Å²) in [5.74, 6) is 0.139. The fraction of sp³-hybridized carbons (Fsp3) is 0.500. The molecule has 0 aliphatic carbocycles. The standard InChI is InChI=1S/C18H23N3O3S/c1-10-16(12(3)22)11(2)19-17(10)18-13(4)25-14(20-18)9-15(23)21-5-7-24-8-6-21/h19H,5-9H2,1-4H3. The third kappa shape index (κ3) is 3.52. The number of thiazole rings is 1. The molecular weight excluding hydrogens is 338 g/mol. The number of carbonyl (C=O) groups excluding carboxylic acids is 2. The zero-order valence-corrected chi connectivity index (χ0v) is 15.9. The highest BCUT2D eigenvalue weighted by Gasteiger charge is 2.22. The van der Waals surface area contributed by atoms with Crippen molar-refractivity contribution in [1.82, 2.24) is 14.9 Å². The van der Waals surface area contributed by atoms with Crippen LogP contribution in [-0.2, 0) is 16.0 Å². The van der Waals surface area contributed by atoms with E-state index in [0.717, 1.165) is 38.1 Å². The van der Waals surface area contributed by atoms with Crippen molar-refractivity contribution in [2.45, 2.75) is 34.1 Å². The van der Waals surface area contributed by atoms with Crippen molar-refractivity contribution < 1.29 is 14.3 Å². The second kappa shape index (κ2) is 7.09. The maximum atomic E-state index is 12.4. The number of hydrogen-bond donors (Lipinski definition) is 1. The van der Waals surface area contributed by atoms with E-state index in [1.807, 2.05) is 25.7 Å². The van der Waals surface area contributed by atoms with E-state index in [9.17, 15) is 9.59 Å². The molecule has 1 aliphatic rings. The number of Topliss-reactive ketones (excluding diaryl/α,β-unsaturated/α-hetero) is 1. The van der Waals surface area contributed by atoms with Gasteiger partial charge in [-0.25, -0.2) is 4.98 Å². The van der Waals surface area contributed by atoms with E-state index in [0.29, 0.717) is 32.7 Å². The third-order valence-electron chi connectivity index (χ3n) is 4.53. The van der Waals surface area contributed by atoms with Gasteiger partial charge in [-0.05, 0) is 33.3 Å². The largest absolute Gasteiger partial charge is 0.378 e. The number of rotatable bonds is 4. The monoisotopic (exact) mass is 361 g/mol. The molecule has 0 atom stereocenters. The Bertz CT molecular complexity index is 816. The van der Waals surface area contributed by atoms with Crippen LogP contribution < -0.4 is 0 Å². The summed E-state index contributed by atoms with van der Waals surface area (Å²) in [4.78, 5) is 35.1. The molecule has 7 heteroatoms. The van der Waals surface area contributed by atoms with Gasteiger partial charge in [0.05, 0.1) is 25.3 Å². The molecule has 134 valence electrons. The van der Waals surface area contributed by atoms with Crippen LogP contribution in [0.25, 0.3) is 11.4 Å². The van der Waals surface area contributed by atoms with Crippen molar-refractivity contribution in [3.05, 3.63) is 26.7 Å². The molecule has 6 nitrogen and oxygen atoms in total. The summed E-state index contributed by atoms with van der Waals surface area (Å²) < 4.78 is 5.29. The zero-order valence-electron chi connectivity index (χ0n) is 15.1. The molecule has 1 aliphatic heterocycles. The topological polar surface area (TPSA) is 75.3 Å². The number of ether oxygens (including phenoxy) is 1. The van der Waals surface area contributed by atoms with Crippen molar-refractivity contribution in [2.24, 2.45) is 0 Å². The summed E-state index contributed by atoms with van der Waals surface area (Å²) in [6, 6.07) is 0. The van der Waals surface area contributed by atoms with Crippen LogP contribution in [0.4, 0.5) is 0 Å². The average molecular weight is 361 g/mol. The average Bonchev–Trinajstić information content (AvgIpc) is 3.07. The lowest BCUT2D eigenvalue weighted by Gasteiger charge is -2.26. The molecule has 2 aromatic heterocycles. The molecule has 1 saturated heterocycles. The first-order valence-electron chi connectivity index (χ1n) is 8.40. The van der Waals surface area contributed by atoms with Gasteiger partial charge in [0.2, 0.25) is 5.91 Å². The highest BCUT2D eigenvalue weighted by molar-refractivity contribution is 7.12. The second-order valence-electron chi connectivity index (χ2n) is 6.36. The summed E-state index contributed by atoms with van der Waals surface area (Å²) in [5.41, 5.74) is 4.22. The van der Waals surface area contributed by atoms with Gasteiger partial charge in [0.15, 0.2) is 5.78 Å². The molecule has 1 amide bonds. The first kappa shape index (κ1) is 17.8. The normalized spacial score (nSPS) is 14.8. The number of morpholine rings is 1. The number of aromatic nitrogens is 2. The summed E-state index contributed by atoms with van der Waals surface area (Å²) in [6.45, 7) is 9.90. The van der Waals surface area contributed by atoms with E-state index in [2.05, 4.69) is 9.97 Å². The van der Waals surface area contributed by atoms with E-state index in [1.54, 1.807) is 6.92 Å². The number of aromatic amines is 1. The molecule has 2 aromatic rings. The molecule has 0 bridgehead atoms. The van der Waals surface area contributed by atoms with Crippen molar-refractivity contribution in [3.8, 4) is 11.4 Å². The maximum Gasteiger partial charge on any atom is 0.229 e. The van der Waals surface area contributed by atoms with Gasteiger partial charge in [0.25, 0.3) is 0 Å². The van der Waals surface area contributed by atoms with E-state index >= 15 is 0 Å². The number of nitrogens with one attached hydrogen (secondary N) is 1. The van der Waals surface area contributed by atoms with Gasteiger partial charge in [-0.1, -0.05) is 0 Å². The van der Waals surface area contributed by atoms with Crippen LogP contribution in [-0.4, -0.2) is 52.9 Å². The van der Waals surface area contributed by atoms with Gasteiger partial charge >= 0.3 is 0 Å². The molecule has 0 radical (unpaired) electrons. The van der Waals surface area contributed by atoms with Crippen LogP contribution in [0.5, 0.6) is 0 Å².